The van der Waals surface area contributed by atoms with Crippen molar-refractivity contribution in [3.63, 3.8) is 0 Å². The molecule has 6 heteroatoms. The normalized spacial score (nSPS) is 13.2. The number of unbranched alkanes of at least 4 members (excludes halogenated alkanes) is 8. The number of nitrogens with one attached hydrogen (secondary N) is 2. The summed E-state index contributed by atoms with van der Waals surface area (Å²) < 4.78 is 0. The van der Waals surface area contributed by atoms with E-state index in [1.54, 1.807) is 0 Å². The van der Waals surface area contributed by atoms with Crippen molar-refractivity contribution in [1.82, 2.24) is 10.6 Å². The molecule has 4 N–H and O–H groups in total. The quantitative estimate of drug-likeness (QED) is 0.0427. The number of amides is 2. The van der Waals surface area contributed by atoms with Crippen molar-refractivity contribution < 1.29 is 19.8 Å². The van der Waals surface area contributed by atoms with Crippen LogP contribution in [0, 0.1) is 0 Å². The van der Waals surface area contributed by atoms with Crippen LogP contribution in [-0.2, 0) is 9.59 Å². The lowest BCUT2D eigenvalue weighted by Crippen LogP contribution is -2.49. The van der Waals surface area contributed by atoms with E-state index in [1.165, 1.54) is 0 Å². The summed E-state index contributed by atoms with van der Waals surface area (Å²) >= 11 is 0. The van der Waals surface area contributed by atoms with Crippen molar-refractivity contribution in [2.24, 2.45) is 0 Å². The van der Waals surface area contributed by atoms with Gasteiger partial charge in [0.1, 0.15) is 6.42 Å². The molecule has 6 nitrogen and oxygen atoms in total. The summed E-state index contributed by atoms with van der Waals surface area (Å²) in [4.78, 5) is 28.3. The summed E-state index contributed by atoms with van der Waals surface area (Å²) in [6.45, 7) is 8.61. The Bertz CT molecular complexity index is 1560. The Morgan fingerprint density at radius 1 is 0.491 bits per heavy atom. The molecule has 0 heterocycles. The number of fused-ring (bicyclic) bond motifs is 2. The first-order valence-corrected chi connectivity index (χ1v) is 20.7. The Morgan fingerprint density at radius 3 is 1.15 bits per heavy atom. The van der Waals surface area contributed by atoms with Gasteiger partial charge < -0.3 is 20.8 Å². The number of carbonyl (C=O) groups is 2. The average Bonchev–Trinajstić information content (AvgIpc) is 3.16. The molecule has 288 valence electrons. The van der Waals surface area contributed by atoms with Crippen molar-refractivity contribution in [3.05, 3.63) is 96.1 Å². The monoisotopic (exact) mass is 723 g/mol. The maximum atomic E-state index is 14.1. The zero-order chi connectivity index (χ0) is 38.1. The first-order valence-electron chi connectivity index (χ1n) is 20.7. The summed E-state index contributed by atoms with van der Waals surface area (Å²) in [7, 11) is 0. The molecular formula is C47H66N2O4. The van der Waals surface area contributed by atoms with Gasteiger partial charge in [0.2, 0.25) is 11.8 Å². The molecule has 0 aromatic heterocycles. The Labute approximate surface area is 319 Å². The molecule has 0 radical (unpaired) electrons. The van der Waals surface area contributed by atoms with Gasteiger partial charge in [0.05, 0.1) is 23.3 Å². The van der Waals surface area contributed by atoms with E-state index in [0.717, 1.165) is 110 Å². The molecule has 0 aliphatic carbocycles. The Morgan fingerprint density at radius 2 is 0.811 bits per heavy atom. The van der Waals surface area contributed by atoms with Crippen molar-refractivity contribution in [2.75, 3.05) is 0 Å². The van der Waals surface area contributed by atoms with Gasteiger partial charge >= 0.3 is 0 Å². The van der Waals surface area contributed by atoms with Gasteiger partial charge in [-0.2, -0.15) is 0 Å². The Kier molecular flexibility index (Phi) is 16.8. The number of hydrogen-bond acceptors (Lipinski definition) is 4. The van der Waals surface area contributed by atoms with E-state index in [2.05, 4.69) is 38.3 Å². The zero-order valence-electron chi connectivity index (χ0n) is 33.0. The standard InChI is InChI=1S/C47H66N2O4/c1-5-9-17-31-46(52,32-18-10-6-2)44(40-29-21-25-36-23-13-15-27-38(36)40)48-42(50)35-43(51)49-45(41-30-22-26-37-24-14-16-28-39(37)41)47(53,33-19-11-7-3)34-20-12-8-4/h13-16,21-30,44-45,52-53H,5-12,17-20,31-35H2,1-4H3,(H,48,50)(H,49,51)/t44-,45-/m0/s1. The highest BCUT2D eigenvalue weighted by atomic mass is 16.3. The van der Waals surface area contributed by atoms with E-state index in [9.17, 15) is 19.8 Å². The molecule has 0 unspecified atom stereocenters. The molecule has 0 aliphatic heterocycles. The summed E-state index contributed by atoms with van der Waals surface area (Å²) in [5.41, 5.74) is -0.653. The highest BCUT2D eigenvalue weighted by molar-refractivity contribution is 5.98. The molecule has 0 saturated heterocycles. The summed E-state index contributed by atoms with van der Waals surface area (Å²) in [6, 6.07) is 26.8. The van der Waals surface area contributed by atoms with Crippen LogP contribution in [0.2, 0.25) is 0 Å². The zero-order valence-corrected chi connectivity index (χ0v) is 33.0. The van der Waals surface area contributed by atoms with Crippen LogP contribution >= 0.6 is 0 Å². The summed E-state index contributed by atoms with van der Waals surface area (Å²) in [6.07, 6.45) is 13.2. The lowest BCUT2D eigenvalue weighted by molar-refractivity contribution is -0.133. The maximum absolute atomic E-state index is 14.1. The van der Waals surface area contributed by atoms with Crippen LogP contribution in [0.3, 0.4) is 0 Å². The second-order valence-electron chi connectivity index (χ2n) is 15.4. The fourth-order valence-corrected chi connectivity index (χ4v) is 8.13. The molecule has 0 saturated carbocycles. The number of carbonyl (C=O) groups excluding carboxylic acids is 2. The van der Waals surface area contributed by atoms with Crippen LogP contribution in [0.15, 0.2) is 84.9 Å². The van der Waals surface area contributed by atoms with E-state index < -0.39 is 41.5 Å². The smallest absolute Gasteiger partial charge is 0.230 e. The highest BCUT2D eigenvalue weighted by Gasteiger charge is 2.41. The highest BCUT2D eigenvalue weighted by Crippen LogP contribution is 2.40. The van der Waals surface area contributed by atoms with Crippen LogP contribution in [0.1, 0.15) is 160 Å². The average molecular weight is 723 g/mol. The van der Waals surface area contributed by atoms with Gasteiger partial charge in [-0.25, -0.2) is 0 Å². The van der Waals surface area contributed by atoms with E-state index in [1.807, 2.05) is 84.9 Å². The Hall–Kier alpha value is -3.74. The van der Waals surface area contributed by atoms with Crippen molar-refractivity contribution in [1.29, 1.82) is 0 Å². The first kappa shape index (κ1) is 42.0. The van der Waals surface area contributed by atoms with Gasteiger partial charge in [0.15, 0.2) is 0 Å². The molecule has 0 fully saturated rings. The molecule has 0 aliphatic rings. The predicted octanol–water partition coefficient (Wildman–Crippen LogP) is 11.2. The predicted molar refractivity (Wildman–Crippen MR) is 221 cm³/mol. The Balaban J connectivity index is 1.69. The van der Waals surface area contributed by atoms with E-state index in [0.29, 0.717) is 25.7 Å². The fourth-order valence-electron chi connectivity index (χ4n) is 8.13. The van der Waals surface area contributed by atoms with Gasteiger partial charge in [-0.05, 0) is 58.4 Å². The van der Waals surface area contributed by atoms with Gasteiger partial charge in [-0.1, -0.05) is 190 Å². The third kappa shape index (κ3) is 11.6. The van der Waals surface area contributed by atoms with E-state index in [-0.39, 0.29) is 0 Å². The lowest BCUT2D eigenvalue weighted by atomic mass is 9.78. The van der Waals surface area contributed by atoms with Gasteiger partial charge in [-0.15, -0.1) is 0 Å². The molecule has 0 bridgehead atoms. The molecular weight excluding hydrogens is 657 g/mol. The minimum Gasteiger partial charge on any atom is -0.387 e. The molecule has 4 aromatic rings. The maximum Gasteiger partial charge on any atom is 0.230 e. The minimum atomic E-state index is -1.19. The molecule has 2 atom stereocenters. The van der Waals surface area contributed by atoms with E-state index >= 15 is 0 Å². The van der Waals surface area contributed by atoms with Crippen molar-refractivity contribution in [2.45, 2.75) is 160 Å². The van der Waals surface area contributed by atoms with Crippen molar-refractivity contribution in [3.8, 4) is 0 Å². The van der Waals surface area contributed by atoms with Crippen LogP contribution in [0.25, 0.3) is 21.5 Å². The van der Waals surface area contributed by atoms with Crippen LogP contribution < -0.4 is 10.6 Å². The van der Waals surface area contributed by atoms with Gasteiger partial charge in [0, 0.05) is 0 Å². The third-order valence-corrected chi connectivity index (χ3v) is 11.1. The third-order valence-electron chi connectivity index (χ3n) is 11.1. The lowest BCUT2D eigenvalue weighted by Gasteiger charge is -2.39. The summed E-state index contributed by atoms with van der Waals surface area (Å²) in [5, 5.41) is 35.6. The molecule has 4 aromatic carbocycles. The largest absolute Gasteiger partial charge is 0.387 e. The van der Waals surface area contributed by atoms with Crippen LogP contribution in [0.4, 0.5) is 0 Å². The van der Waals surface area contributed by atoms with Gasteiger partial charge in [0.25, 0.3) is 0 Å². The summed E-state index contributed by atoms with van der Waals surface area (Å²) in [5.74, 6) is -0.885. The second-order valence-corrected chi connectivity index (χ2v) is 15.4. The van der Waals surface area contributed by atoms with Crippen LogP contribution in [-0.4, -0.2) is 33.2 Å². The number of benzene rings is 4. The molecule has 4 rings (SSSR count). The topological polar surface area (TPSA) is 98.7 Å². The molecule has 2 amide bonds. The first-order chi connectivity index (χ1) is 25.7. The van der Waals surface area contributed by atoms with E-state index in [4.69, 9.17) is 0 Å². The SMILES string of the molecule is CCCCCC(O)(CCCCC)[C@@H](NC(=O)CC(=O)N[C@@H](c1cccc2ccccc12)C(O)(CCCCC)CCCCC)c1cccc2ccccc12. The number of hydrogen-bond donors (Lipinski definition) is 4. The fraction of sp³-hybridized carbons (Fsp3) is 0.532. The molecule has 53 heavy (non-hydrogen) atoms. The van der Waals surface area contributed by atoms with Gasteiger partial charge in [-0.3, -0.25) is 9.59 Å². The number of aliphatic hydroxyl groups is 2. The van der Waals surface area contributed by atoms with Crippen LogP contribution in [0.5, 0.6) is 0 Å². The second kappa shape index (κ2) is 21.2. The van der Waals surface area contributed by atoms with Crippen molar-refractivity contribution >= 4 is 33.4 Å². The number of rotatable bonds is 24. The molecule has 0 spiro atoms. The minimum absolute atomic E-state index is 0.414.